The molecule has 1 heterocycles. The van der Waals surface area contributed by atoms with E-state index in [0.717, 1.165) is 25.7 Å². The van der Waals surface area contributed by atoms with Gasteiger partial charge in [-0.25, -0.2) is 0 Å². The molecule has 2 rings (SSSR count). The molecule has 0 atom stereocenters. The first kappa shape index (κ1) is 11.1. The highest BCUT2D eigenvalue weighted by molar-refractivity contribution is 5.97. The fourth-order valence-corrected chi connectivity index (χ4v) is 2.15. The molecular weight excluding hydrogens is 204 g/mol. The van der Waals surface area contributed by atoms with Crippen LogP contribution in [0.25, 0.3) is 0 Å². The lowest BCUT2D eigenvalue weighted by Gasteiger charge is -2.31. The molecule has 1 saturated carbocycles. The minimum absolute atomic E-state index is 0.0831. The van der Waals surface area contributed by atoms with E-state index in [9.17, 15) is 4.79 Å². The van der Waals surface area contributed by atoms with Gasteiger partial charge in [-0.1, -0.05) is 19.3 Å². The lowest BCUT2D eigenvalue weighted by atomic mass is 9.82. The number of nitrogens with one attached hydrogen (secondary N) is 1. The van der Waals surface area contributed by atoms with Crippen LogP contribution in [0.4, 0.5) is 5.69 Å². The maximum atomic E-state index is 12.0. The van der Waals surface area contributed by atoms with Crippen molar-refractivity contribution in [2.75, 3.05) is 5.32 Å². The number of aromatic nitrogens is 2. The monoisotopic (exact) mass is 222 g/mol. The van der Waals surface area contributed by atoms with E-state index in [4.69, 9.17) is 5.73 Å². The van der Waals surface area contributed by atoms with Crippen molar-refractivity contribution in [1.82, 2.24) is 9.78 Å². The summed E-state index contributed by atoms with van der Waals surface area (Å²) in [4.78, 5) is 12.0. The summed E-state index contributed by atoms with van der Waals surface area (Å²) in [6.07, 6.45) is 8.21. The van der Waals surface area contributed by atoms with Crippen LogP contribution in [0, 0.1) is 0 Å². The van der Waals surface area contributed by atoms with E-state index in [0.29, 0.717) is 5.69 Å². The largest absolute Gasteiger partial charge is 0.322 e. The van der Waals surface area contributed by atoms with Crippen LogP contribution in [0.2, 0.25) is 0 Å². The van der Waals surface area contributed by atoms with Crippen molar-refractivity contribution in [2.24, 2.45) is 12.8 Å². The first-order chi connectivity index (χ1) is 7.60. The van der Waals surface area contributed by atoms with Crippen LogP contribution in [-0.2, 0) is 11.8 Å². The van der Waals surface area contributed by atoms with E-state index < -0.39 is 5.54 Å². The Balaban J connectivity index is 2.01. The van der Waals surface area contributed by atoms with Gasteiger partial charge in [0, 0.05) is 13.2 Å². The van der Waals surface area contributed by atoms with Crippen molar-refractivity contribution < 1.29 is 4.79 Å². The van der Waals surface area contributed by atoms with Gasteiger partial charge in [0.15, 0.2) is 0 Å². The van der Waals surface area contributed by atoms with Gasteiger partial charge in [0.25, 0.3) is 0 Å². The number of carbonyl (C=O) groups excluding carboxylic acids is 1. The molecule has 0 saturated heterocycles. The summed E-state index contributed by atoms with van der Waals surface area (Å²) in [6.45, 7) is 0. The Hall–Kier alpha value is -1.36. The number of hydrogen-bond acceptors (Lipinski definition) is 3. The Morgan fingerprint density at radius 3 is 2.75 bits per heavy atom. The van der Waals surface area contributed by atoms with Gasteiger partial charge in [-0.05, 0) is 12.8 Å². The van der Waals surface area contributed by atoms with Gasteiger partial charge < -0.3 is 11.1 Å². The summed E-state index contributed by atoms with van der Waals surface area (Å²) in [5, 5.41) is 6.82. The molecule has 0 radical (unpaired) electrons. The number of nitrogens with two attached hydrogens (primary N) is 1. The molecule has 0 aromatic carbocycles. The van der Waals surface area contributed by atoms with Crippen molar-refractivity contribution in [2.45, 2.75) is 37.6 Å². The molecule has 1 amide bonds. The quantitative estimate of drug-likeness (QED) is 0.784. The Labute approximate surface area is 95.0 Å². The third-order valence-corrected chi connectivity index (χ3v) is 3.16. The van der Waals surface area contributed by atoms with Crippen molar-refractivity contribution in [3.05, 3.63) is 12.4 Å². The molecule has 0 bridgehead atoms. The number of hydrogen-bond donors (Lipinski definition) is 2. The average Bonchev–Trinajstić information content (AvgIpc) is 2.65. The van der Waals surface area contributed by atoms with Crippen molar-refractivity contribution in [1.29, 1.82) is 0 Å². The zero-order chi connectivity index (χ0) is 11.6. The first-order valence-electron chi connectivity index (χ1n) is 5.69. The molecule has 1 aliphatic carbocycles. The van der Waals surface area contributed by atoms with Crippen LogP contribution in [-0.4, -0.2) is 21.2 Å². The minimum Gasteiger partial charge on any atom is -0.322 e. The van der Waals surface area contributed by atoms with E-state index >= 15 is 0 Å². The number of anilines is 1. The molecule has 88 valence electrons. The van der Waals surface area contributed by atoms with Gasteiger partial charge in [0.2, 0.25) is 5.91 Å². The molecule has 1 aromatic rings. The van der Waals surface area contributed by atoms with Crippen LogP contribution in [0.5, 0.6) is 0 Å². The van der Waals surface area contributed by atoms with Gasteiger partial charge in [-0.15, -0.1) is 0 Å². The zero-order valence-electron chi connectivity index (χ0n) is 9.57. The lowest BCUT2D eigenvalue weighted by molar-refractivity contribution is -0.122. The van der Waals surface area contributed by atoms with Gasteiger partial charge in [-0.3, -0.25) is 9.48 Å². The van der Waals surface area contributed by atoms with Crippen LogP contribution in [0.1, 0.15) is 32.1 Å². The number of rotatable bonds is 2. The molecule has 1 aliphatic rings. The second kappa shape index (κ2) is 4.25. The van der Waals surface area contributed by atoms with E-state index in [1.54, 1.807) is 17.1 Å². The van der Waals surface area contributed by atoms with E-state index in [2.05, 4.69) is 10.4 Å². The Morgan fingerprint density at radius 2 is 2.19 bits per heavy atom. The van der Waals surface area contributed by atoms with E-state index in [-0.39, 0.29) is 5.91 Å². The fraction of sp³-hybridized carbons (Fsp3) is 0.636. The van der Waals surface area contributed by atoms with Crippen molar-refractivity contribution >= 4 is 11.6 Å². The number of carbonyl (C=O) groups is 1. The normalized spacial score (nSPS) is 19.4. The summed E-state index contributed by atoms with van der Waals surface area (Å²) >= 11 is 0. The molecule has 1 aromatic heterocycles. The van der Waals surface area contributed by atoms with Crippen LogP contribution < -0.4 is 11.1 Å². The summed E-state index contributed by atoms with van der Waals surface area (Å²) in [7, 11) is 1.81. The summed E-state index contributed by atoms with van der Waals surface area (Å²) in [6, 6.07) is 0. The zero-order valence-corrected chi connectivity index (χ0v) is 9.57. The predicted octanol–water partition coefficient (Wildman–Crippen LogP) is 1.02. The molecule has 0 unspecified atom stereocenters. The summed E-state index contributed by atoms with van der Waals surface area (Å²) in [5.41, 5.74) is 6.14. The molecular formula is C11H18N4O. The predicted molar refractivity (Wildman–Crippen MR) is 61.8 cm³/mol. The molecule has 0 spiro atoms. The topological polar surface area (TPSA) is 72.9 Å². The second-order valence-electron chi connectivity index (χ2n) is 4.57. The van der Waals surface area contributed by atoms with Gasteiger partial charge >= 0.3 is 0 Å². The highest BCUT2D eigenvalue weighted by Crippen LogP contribution is 2.27. The summed E-state index contributed by atoms with van der Waals surface area (Å²) in [5.74, 6) is -0.0831. The standard InChI is InChI=1S/C11H18N4O/c1-15-8-9(7-13-15)14-10(16)11(12)5-3-2-4-6-11/h7-8H,2-6,12H2,1H3,(H,14,16). The maximum Gasteiger partial charge on any atom is 0.244 e. The molecule has 3 N–H and O–H groups in total. The fourth-order valence-electron chi connectivity index (χ4n) is 2.15. The third-order valence-electron chi connectivity index (χ3n) is 3.16. The van der Waals surface area contributed by atoms with Gasteiger partial charge in [0.1, 0.15) is 0 Å². The summed E-state index contributed by atoms with van der Waals surface area (Å²) < 4.78 is 1.65. The van der Waals surface area contributed by atoms with Crippen LogP contribution >= 0.6 is 0 Å². The molecule has 16 heavy (non-hydrogen) atoms. The third kappa shape index (κ3) is 2.24. The smallest absolute Gasteiger partial charge is 0.244 e. The first-order valence-corrected chi connectivity index (χ1v) is 5.69. The van der Waals surface area contributed by atoms with Crippen LogP contribution in [0.3, 0.4) is 0 Å². The van der Waals surface area contributed by atoms with Crippen molar-refractivity contribution in [3.63, 3.8) is 0 Å². The Kier molecular flexibility index (Phi) is 2.96. The van der Waals surface area contributed by atoms with Gasteiger partial charge in [-0.2, -0.15) is 5.10 Å². The van der Waals surface area contributed by atoms with Crippen molar-refractivity contribution in [3.8, 4) is 0 Å². The number of nitrogens with zero attached hydrogens (tertiary/aromatic N) is 2. The average molecular weight is 222 g/mol. The number of aryl methyl sites for hydroxylation is 1. The Bertz CT molecular complexity index is 379. The Morgan fingerprint density at radius 1 is 1.50 bits per heavy atom. The minimum atomic E-state index is -0.686. The number of amides is 1. The highest BCUT2D eigenvalue weighted by atomic mass is 16.2. The lowest BCUT2D eigenvalue weighted by Crippen LogP contribution is -2.52. The second-order valence-corrected chi connectivity index (χ2v) is 4.57. The van der Waals surface area contributed by atoms with Gasteiger partial charge in [0.05, 0.1) is 17.4 Å². The van der Waals surface area contributed by atoms with E-state index in [1.807, 2.05) is 7.05 Å². The molecule has 1 fully saturated rings. The molecule has 5 nitrogen and oxygen atoms in total. The molecule has 0 aliphatic heterocycles. The highest BCUT2D eigenvalue weighted by Gasteiger charge is 2.35. The van der Waals surface area contributed by atoms with E-state index in [1.165, 1.54) is 6.42 Å². The SMILES string of the molecule is Cn1cc(NC(=O)C2(N)CCCCC2)cn1. The maximum absolute atomic E-state index is 12.0. The van der Waals surface area contributed by atoms with Crippen LogP contribution in [0.15, 0.2) is 12.4 Å². The molecule has 5 heteroatoms.